The molecule has 9 nitrogen and oxygen atoms in total. The molecule has 9 heteroatoms. The summed E-state index contributed by atoms with van der Waals surface area (Å²) in [5, 5.41) is 3.51. The van der Waals surface area contributed by atoms with Crippen molar-refractivity contribution in [2.75, 3.05) is 92.0 Å². The number of piperidine rings is 1. The van der Waals surface area contributed by atoms with Crippen LogP contribution in [0.2, 0.25) is 0 Å². The molecule has 2 atom stereocenters. The van der Waals surface area contributed by atoms with Crippen LogP contribution < -0.4 is 15.0 Å². The summed E-state index contributed by atoms with van der Waals surface area (Å²) >= 11 is 0. The van der Waals surface area contributed by atoms with Gasteiger partial charge in [0.15, 0.2) is 0 Å². The second kappa shape index (κ2) is 16.3. The van der Waals surface area contributed by atoms with Crippen molar-refractivity contribution in [2.24, 2.45) is 0 Å². The molecule has 0 bridgehead atoms. The van der Waals surface area contributed by atoms with E-state index in [9.17, 15) is 0 Å². The average molecular weight is 559 g/mol. The fraction of sp³-hybridized carbons (Fsp3) is 0.613. The Morgan fingerprint density at radius 1 is 0.900 bits per heavy atom. The van der Waals surface area contributed by atoms with Crippen LogP contribution in [0.25, 0.3) is 0 Å². The third-order valence-electron chi connectivity index (χ3n) is 7.52. The van der Waals surface area contributed by atoms with E-state index in [2.05, 4.69) is 52.7 Å². The fourth-order valence-electron chi connectivity index (χ4n) is 5.36. The van der Waals surface area contributed by atoms with E-state index >= 15 is 0 Å². The molecule has 2 aromatic rings. The minimum atomic E-state index is -0.581. The smallest absolute Gasteiger partial charge is 0.142 e. The lowest BCUT2D eigenvalue weighted by Gasteiger charge is -2.44. The van der Waals surface area contributed by atoms with Gasteiger partial charge in [-0.15, -0.1) is 0 Å². The SMILES string of the molecule is COCCCN1CCOc2ccc(CO[C@H]3CNCC[C@]3(OCCOC)c3ccc(COCCOC)cc3)cc21. The van der Waals surface area contributed by atoms with Crippen LogP contribution in [0.5, 0.6) is 5.75 Å². The molecule has 0 radical (unpaired) electrons. The van der Waals surface area contributed by atoms with Gasteiger partial charge in [0.1, 0.15) is 24.1 Å². The van der Waals surface area contributed by atoms with Gasteiger partial charge < -0.3 is 43.4 Å². The van der Waals surface area contributed by atoms with Gasteiger partial charge in [0.2, 0.25) is 0 Å². The molecule has 2 aliphatic heterocycles. The third-order valence-corrected chi connectivity index (χ3v) is 7.52. The van der Waals surface area contributed by atoms with Crippen molar-refractivity contribution in [1.29, 1.82) is 0 Å². The van der Waals surface area contributed by atoms with Crippen molar-refractivity contribution < 1.29 is 33.2 Å². The van der Waals surface area contributed by atoms with Gasteiger partial charge in [0.25, 0.3) is 0 Å². The molecule has 0 aromatic heterocycles. The number of nitrogens with one attached hydrogen (secondary N) is 1. The van der Waals surface area contributed by atoms with E-state index in [-0.39, 0.29) is 6.10 Å². The molecule has 1 fully saturated rings. The molecule has 4 rings (SSSR count). The van der Waals surface area contributed by atoms with Crippen molar-refractivity contribution >= 4 is 5.69 Å². The van der Waals surface area contributed by atoms with Crippen LogP contribution in [0, 0.1) is 0 Å². The summed E-state index contributed by atoms with van der Waals surface area (Å²) in [5.41, 5.74) is 3.88. The van der Waals surface area contributed by atoms with Crippen molar-refractivity contribution in [1.82, 2.24) is 5.32 Å². The maximum Gasteiger partial charge on any atom is 0.142 e. The number of ether oxygens (including phenoxy) is 7. The number of rotatable bonds is 17. The van der Waals surface area contributed by atoms with Crippen LogP contribution in [0.3, 0.4) is 0 Å². The second-order valence-electron chi connectivity index (χ2n) is 10.2. The Morgan fingerprint density at radius 2 is 1.68 bits per heavy atom. The molecule has 40 heavy (non-hydrogen) atoms. The summed E-state index contributed by atoms with van der Waals surface area (Å²) in [6.45, 7) is 8.00. The van der Waals surface area contributed by atoms with E-state index < -0.39 is 5.60 Å². The molecular formula is C31H46N2O7. The van der Waals surface area contributed by atoms with Crippen LogP contribution in [0.15, 0.2) is 42.5 Å². The molecule has 0 amide bonds. The summed E-state index contributed by atoms with van der Waals surface area (Å²) < 4.78 is 40.6. The van der Waals surface area contributed by atoms with Crippen LogP contribution in [-0.4, -0.2) is 93.3 Å². The Hall–Kier alpha value is -2.24. The number of benzene rings is 2. The normalized spacial score (nSPS) is 20.8. The van der Waals surface area contributed by atoms with Crippen molar-refractivity contribution in [3.05, 3.63) is 59.2 Å². The molecule has 2 aliphatic rings. The van der Waals surface area contributed by atoms with E-state index in [1.54, 1.807) is 21.3 Å². The van der Waals surface area contributed by atoms with Gasteiger partial charge in [-0.05, 0) is 48.2 Å². The number of hydrogen-bond donors (Lipinski definition) is 1. The lowest BCUT2D eigenvalue weighted by molar-refractivity contribution is -0.175. The first-order chi connectivity index (χ1) is 19.7. The molecule has 0 spiro atoms. The zero-order chi connectivity index (χ0) is 28.0. The number of anilines is 1. The number of nitrogens with zero attached hydrogens (tertiary/aromatic N) is 1. The van der Waals surface area contributed by atoms with E-state index in [1.807, 2.05) is 0 Å². The van der Waals surface area contributed by atoms with Crippen LogP contribution in [-0.2, 0) is 47.2 Å². The maximum absolute atomic E-state index is 6.67. The predicted octanol–water partition coefficient (Wildman–Crippen LogP) is 3.52. The molecule has 222 valence electrons. The maximum atomic E-state index is 6.67. The summed E-state index contributed by atoms with van der Waals surface area (Å²) in [6.07, 6.45) is 1.60. The highest BCUT2D eigenvalue weighted by Crippen LogP contribution is 2.38. The van der Waals surface area contributed by atoms with Gasteiger partial charge in [-0.25, -0.2) is 0 Å². The number of hydrogen-bond acceptors (Lipinski definition) is 9. The Balaban J connectivity index is 1.48. The highest BCUT2D eigenvalue weighted by atomic mass is 16.6. The first-order valence-electron chi connectivity index (χ1n) is 14.3. The Labute approximate surface area is 239 Å². The third kappa shape index (κ3) is 8.16. The van der Waals surface area contributed by atoms with Crippen molar-refractivity contribution in [3.8, 4) is 5.75 Å². The van der Waals surface area contributed by atoms with Gasteiger partial charge in [-0.1, -0.05) is 30.3 Å². The monoisotopic (exact) mass is 558 g/mol. The van der Waals surface area contributed by atoms with Crippen LogP contribution >= 0.6 is 0 Å². The Bertz CT molecular complexity index is 1010. The summed E-state index contributed by atoms with van der Waals surface area (Å²) in [5.74, 6) is 0.926. The van der Waals surface area contributed by atoms with E-state index in [4.69, 9.17) is 33.2 Å². The van der Waals surface area contributed by atoms with Crippen LogP contribution in [0.1, 0.15) is 29.5 Å². The summed E-state index contributed by atoms with van der Waals surface area (Å²) in [6, 6.07) is 14.9. The van der Waals surface area contributed by atoms with E-state index in [1.165, 1.54) is 0 Å². The molecule has 1 N–H and O–H groups in total. The zero-order valence-corrected chi connectivity index (χ0v) is 24.3. The average Bonchev–Trinajstić information content (AvgIpc) is 2.99. The van der Waals surface area contributed by atoms with Crippen LogP contribution in [0.4, 0.5) is 5.69 Å². The Morgan fingerprint density at radius 3 is 2.48 bits per heavy atom. The van der Waals surface area contributed by atoms with Gasteiger partial charge in [-0.2, -0.15) is 0 Å². The van der Waals surface area contributed by atoms with Crippen molar-refractivity contribution in [2.45, 2.75) is 37.8 Å². The second-order valence-corrected chi connectivity index (χ2v) is 10.2. The van der Waals surface area contributed by atoms with Crippen molar-refractivity contribution in [3.63, 3.8) is 0 Å². The first kappa shape index (κ1) is 30.7. The van der Waals surface area contributed by atoms with Gasteiger partial charge in [0, 0.05) is 41.0 Å². The molecular weight excluding hydrogens is 512 g/mol. The first-order valence-corrected chi connectivity index (χ1v) is 14.3. The molecule has 2 heterocycles. The van der Waals surface area contributed by atoms with Gasteiger partial charge in [0.05, 0.1) is 51.9 Å². The largest absolute Gasteiger partial charge is 0.490 e. The molecule has 0 unspecified atom stereocenters. The number of methoxy groups -OCH3 is 3. The lowest BCUT2D eigenvalue weighted by Crippen LogP contribution is -2.55. The minimum absolute atomic E-state index is 0.174. The predicted molar refractivity (Wildman–Crippen MR) is 154 cm³/mol. The number of fused-ring (bicyclic) bond motifs is 1. The Kier molecular flexibility index (Phi) is 12.5. The quantitative estimate of drug-likeness (QED) is 0.294. The fourth-order valence-corrected chi connectivity index (χ4v) is 5.36. The highest BCUT2D eigenvalue weighted by molar-refractivity contribution is 5.61. The summed E-state index contributed by atoms with van der Waals surface area (Å²) in [4.78, 5) is 2.38. The van der Waals surface area contributed by atoms with E-state index in [0.717, 1.165) is 67.2 Å². The highest BCUT2D eigenvalue weighted by Gasteiger charge is 2.44. The topological polar surface area (TPSA) is 79.9 Å². The standard InChI is InChI=1S/C31H46N2O7/c1-34-15-4-13-33-14-16-38-29-10-7-26(21-28(29)33)24-39-30-22-32-12-11-31(30,40-20-18-36-3)27-8-5-25(6-9-27)23-37-19-17-35-2/h5-10,21,30,32H,4,11-20,22-24H2,1-3H3/t30-,31-/m0/s1. The summed E-state index contributed by atoms with van der Waals surface area (Å²) in [7, 11) is 5.12. The minimum Gasteiger partial charge on any atom is -0.490 e. The van der Waals surface area contributed by atoms with E-state index in [0.29, 0.717) is 52.8 Å². The lowest BCUT2D eigenvalue weighted by atomic mass is 9.82. The molecule has 1 saturated heterocycles. The zero-order valence-electron chi connectivity index (χ0n) is 24.3. The molecule has 2 aromatic carbocycles. The van der Waals surface area contributed by atoms with Gasteiger partial charge in [-0.3, -0.25) is 0 Å². The van der Waals surface area contributed by atoms with Gasteiger partial charge >= 0.3 is 0 Å². The molecule has 0 aliphatic carbocycles. The molecule has 0 saturated carbocycles.